The molecule has 0 atom stereocenters. The standard InChI is InChI=1S/C19H16N4O2S/c24-10-11-26-12-16-20-15-9-5-4-8-14(15)18-21-19(25)17(22-23(16)18)13-6-2-1-3-7-13/h1-9,24H,10-12H2. The van der Waals surface area contributed by atoms with Crippen LogP contribution >= 0.6 is 11.8 Å². The van der Waals surface area contributed by atoms with Gasteiger partial charge in [-0.2, -0.15) is 26.4 Å². The van der Waals surface area contributed by atoms with Gasteiger partial charge in [0.25, 0.3) is 5.56 Å². The van der Waals surface area contributed by atoms with Crippen LogP contribution in [0.2, 0.25) is 0 Å². The summed E-state index contributed by atoms with van der Waals surface area (Å²) in [7, 11) is 0. The van der Waals surface area contributed by atoms with Crippen molar-refractivity contribution in [1.82, 2.24) is 19.6 Å². The van der Waals surface area contributed by atoms with E-state index in [1.807, 2.05) is 54.6 Å². The molecule has 2 aromatic carbocycles. The number of aliphatic hydroxyl groups is 1. The van der Waals surface area contributed by atoms with Crippen LogP contribution in [-0.4, -0.2) is 37.0 Å². The van der Waals surface area contributed by atoms with Crippen molar-refractivity contribution >= 4 is 28.3 Å². The number of para-hydroxylation sites is 1. The summed E-state index contributed by atoms with van der Waals surface area (Å²) in [6.07, 6.45) is 0. The van der Waals surface area contributed by atoms with Crippen LogP contribution in [-0.2, 0) is 5.75 Å². The molecule has 26 heavy (non-hydrogen) atoms. The fourth-order valence-electron chi connectivity index (χ4n) is 2.79. The van der Waals surface area contributed by atoms with E-state index in [0.29, 0.717) is 28.7 Å². The normalized spacial score (nSPS) is 11.3. The van der Waals surface area contributed by atoms with Gasteiger partial charge in [0.05, 0.1) is 17.9 Å². The monoisotopic (exact) mass is 364 g/mol. The van der Waals surface area contributed by atoms with E-state index in [4.69, 9.17) is 10.1 Å². The third-order valence-corrected chi connectivity index (χ3v) is 4.90. The molecule has 4 rings (SSSR count). The molecular weight excluding hydrogens is 348 g/mol. The molecule has 0 bridgehead atoms. The van der Waals surface area contributed by atoms with Crippen molar-refractivity contribution in [3.05, 3.63) is 70.8 Å². The first-order valence-corrected chi connectivity index (χ1v) is 9.36. The molecule has 0 amide bonds. The van der Waals surface area contributed by atoms with Crippen LogP contribution in [0.1, 0.15) is 5.82 Å². The van der Waals surface area contributed by atoms with Crippen molar-refractivity contribution in [2.45, 2.75) is 5.75 Å². The van der Waals surface area contributed by atoms with Crippen molar-refractivity contribution in [2.24, 2.45) is 0 Å². The van der Waals surface area contributed by atoms with E-state index >= 15 is 0 Å². The Labute approximate surface area is 153 Å². The van der Waals surface area contributed by atoms with Gasteiger partial charge in [-0.1, -0.05) is 42.5 Å². The molecule has 0 aliphatic carbocycles. The molecule has 4 aromatic rings. The van der Waals surface area contributed by atoms with E-state index in [9.17, 15) is 4.79 Å². The Morgan fingerprint density at radius 3 is 2.58 bits per heavy atom. The molecular formula is C19H16N4O2S. The van der Waals surface area contributed by atoms with Gasteiger partial charge in [0.2, 0.25) is 0 Å². The first-order chi connectivity index (χ1) is 12.8. The van der Waals surface area contributed by atoms with Crippen LogP contribution in [0, 0.1) is 0 Å². The van der Waals surface area contributed by atoms with Crippen LogP contribution in [0.3, 0.4) is 0 Å². The zero-order valence-corrected chi connectivity index (χ0v) is 14.7. The van der Waals surface area contributed by atoms with E-state index in [0.717, 1.165) is 16.5 Å². The molecule has 7 heteroatoms. The second kappa shape index (κ2) is 7.23. The lowest BCUT2D eigenvalue weighted by Gasteiger charge is -2.11. The second-order valence-electron chi connectivity index (χ2n) is 5.69. The minimum atomic E-state index is -0.360. The summed E-state index contributed by atoms with van der Waals surface area (Å²) in [5.74, 6) is 1.87. The van der Waals surface area contributed by atoms with Gasteiger partial charge in [-0.3, -0.25) is 4.79 Å². The van der Waals surface area contributed by atoms with Crippen molar-refractivity contribution in [1.29, 1.82) is 0 Å². The maximum atomic E-state index is 12.6. The molecule has 2 aromatic heterocycles. The van der Waals surface area contributed by atoms with E-state index in [1.165, 1.54) is 0 Å². The first kappa shape index (κ1) is 16.7. The number of aromatic nitrogens is 4. The second-order valence-corrected chi connectivity index (χ2v) is 6.79. The molecule has 0 fully saturated rings. The van der Waals surface area contributed by atoms with Crippen LogP contribution in [0.4, 0.5) is 0 Å². The molecule has 0 saturated carbocycles. The van der Waals surface area contributed by atoms with Gasteiger partial charge in [-0.15, -0.1) is 0 Å². The Morgan fingerprint density at radius 2 is 1.77 bits per heavy atom. The van der Waals surface area contributed by atoms with Gasteiger partial charge in [-0.25, -0.2) is 4.98 Å². The Morgan fingerprint density at radius 1 is 1.00 bits per heavy atom. The van der Waals surface area contributed by atoms with Gasteiger partial charge in [0, 0.05) is 16.7 Å². The summed E-state index contributed by atoms with van der Waals surface area (Å²) in [4.78, 5) is 21.6. The Hall–Kier alpha value is -2.77. The number of hydrogen-bond donors (Lipinski definition) is 1. The fraction of sp³-hybridized carbons (Fsp3) is 0.158. The molecule has 0 unspecified atom stereocenters. The average Bonchev–Trinajstić information content (AvgIpc) is 2.68. The van der Waals surface area contributed by atoms with E-state index < -0.39 is 0 Å². The molecule has 0 aliphatic heterocycles. The molecule has 6 nitrogen and oxygen atoms in total. The molecule has 130 valence electrons. The number of fused-ring (bicyclic) bond motifs is 3. The minimum Gasteiger partial charge on any atom is -0.396 e. The number of hydrogen-bond acceptors (Lipinski definition) is 6. The molecule has 0 radical (unpaired) electrons. The molecule has 0 spiro atoms. The predicted octanol–water partition coefficient (Wildman–Crippen LogP) is 2.53. The third-order valence-electron chi connectivity index (χ3n) is 3.96. The van der Waals surface area contributed by atoms with Crippen LogP contribution in [0.25, 0.3) is 27.8 Å². The highest BCUT2D eigenvalue weighted by Crippen LogP contribution is 2.21. The number of aliphatic hydroxyl groups excluding tert-OH is 1. The highest BCUT2D eigenvalue weighted by molar-refractivity contribution is 7.98. The summed E-state index contributed by atoms with van der Waals surface area (Å²) < 4.78 is 1.65. The van der Waals surface area contributed by atoms with E-state index in [2.05, 4.69) is 10.1 Å². The van der Waals surface area contributed by atoms with Gasteiger partial charge >= 0.3 is 0 Å². The Kier molecular flexibility index (Phi) is 4.64. The first-order valence-electron chi connectivity index (χ1n) is 8.20. The van der Waals surface area contributed by atoms with E-state index in [-0.39, 0.29) is 12.2 Å². The molecule has 0 aliphatic rings. The van der Waals surface area contributed by atoms with Gasteiger partial charge < -0.3 is 5.11 Å². The Bertz CT molecular complexity index is 1130. The Balaban J connectivity index is 1.99. The third kappa shape index (κ3) is 3.07. The lowest BCUT2D eigenvalue weighted by Crippen LogP contribution is -2.18. The maximum Gasteiger partial charge on any atom is 0.300 e. The highest BCUT2D eigenvalue weighted by Gasteiger charge is 2.14. The van der Waals surface area contributed by atoms with E-state index in [1.54, 1.807) is 16.3 Å². The quantitative estimate of drug-likeness (QED) is 0.433. The zero-order valence-electron chi connectivity index (χ0n) is 13.9. The van der Waals surface area contributed by atoms with Crippen LogP contribution < -0.4 is 5.56 Å². The summed E-state index contributed by atoms with van der Waals surface area (Å²) in [5.41, 5.74) is 1.93. The van der Waals surface area contributed by atoms with Crippen LogP contribution in [0.5, 0.6) is 0 Å². The van der Waals surface area contributed by atoms with Gasteiger partial charge in [0.15, 0.2) is 11.3 Å². The van der Waals surface area contributed by atoms with Gasteiger partial charge in [-0.05, 0) is 12.1 Å². The molecule has 1 N–H and O–H groups in total. The lowest BCUT2D eigenvalue weighted by molar-refractivity contribution is 0.322. The predicted molar refractivity (Wildman–Crippen MR) is 103 cm³/mol. The number of thioether (sulfide) groups is 1. The molecule has 2 heterocycles. The van der Waals surface area contributed by atoms with Crippen molar-refractivity contribution in [3.8, 4) is 11.3 Å². The van der Waals surface area contributed by atoms with Crippen LogP contribution in [0.15, 0.2) is 59.4 Å². The maximum absolute atomic E-state index is 12.6. The zero-order chi connectivity index (χ0) is 17.9. The van der Waals surface area contributed by atoms with Gasteiger partial charge in [0.1, 0.15) is 5.82 Å². The van der Waals surface area contributed by atoms with Crippen molar-refractivity contribution in [2.75, 3.05) is 12.4 Å². The lowest BCUT2D eigenvalue weighted by atomic mass is 10.2. The number of benzene rings is 2. The smallest absolute Gasteiger partial charge is 0.300 e. The van der Waals surface area contributed by atoms with Crippen molar-refractivity contribution in [3.63, 3.8) is 0 Å². The summed E-state index contributed by atoms with van der Waals surface area (Å²) >= 11 is 1.56. The largest absolute Gasteiger partial charge is 0.396 e. The highest BCUT2D eigenvalue weighted by atomic mass is 32.2. The average molecular weight is 364 g/mol. The number of rotatable bonds is 5. The number of nitrogens with zero attached hydrogens (tertiary/aromatic N) is 4. The summed E-state index contributed by atoms with van der Waals surface area (Å²) in [6, 6.07) is 16.9. The topological polar surface area (TPSA) is 80.4 Å². The molecule has 0 saturated heterocycles. The minimum absolute atomic E-state index is 0.104. The SMILES string of the molecule is O=c1nc2c3ccccc3nc(CSCCO)n2nc1-c1ccccc1. The summed E-state index contributed by atoms with van der Waals surface area (Å²) in [5, 5.41) is 14.4. The summed E-state index contributed by atoms with van der Waals surface area (Å²) in [6.45, 7) is 0.104. The van der Waals surface area contributed by atoms with Crippen molar-refractivity contribution < 1.29 is 5.11 Å². The fourth-order valence-corrected chi connectivity index (χ4v) is 3.43.